The summed E-state index contributed by atoms with van der Waals surface area (Å²) in [5, 5.41) is 6.92. The van der Waals surface area contributed by atoms with Crippen molar-refractivity contribution in [1.82, 2.24) is 10.3 Å². The van der Waals surface area contributed by atoms with Gasteiger partial charge in [0.05, 0.1) is 6.04 Å². The highest BCUT2D eigenvalue weighted by atomic mass is 32.1. The highest BCUT2D eigenvalue weighted by Gasteiger charge is 2.15. The summed E-state index contributed by atoms with van der Waals surface area (Å²) in [6.45, 7) is 9.06. The average molecular weight is 240 g/mol. The molecule has 0 amide bonds. The van der Waals surface area contributed by atoms with Crippen molar-refractivity contribution in [1.29, 1.82) is 0 Å². The van der Waals surface area contributed by atoms with E-state index in [0.717, 1.165) is 5.92 Å². The molecule has 1 N–H and O–H groups in total. The van der Waals surface area contributed by atoms with Gasteiger partial charge in [0.2, 0.25) is 0 Å². The van der Waals surface area contributed by atoms with Gasteiger partial charge in [-0.1, -0.05) is 27.2 Å². The van der Waals surface area contributed by atoms with Crippen LogP contribution in [0.3, 0.4) is 0 Å². The van der Waals surface area contributed by atoms with Crippen molar-refractivity contribution in [2.45, 2.75) is 59.0 Å². The molecule has 0 aliphatic rings. The molecule has 3 unspecified atom stereocenters. The number of hydrogen-bond donors (Lipinski definition) is 1. The molecule has 0 aliphatic carbocycles. The minimum absolute atomic E-state index is 0.383. The Balaban J connectivity index is 2.43. The molecule has 0 fully saturated rings. The molecule has 0 saturated heterocycles. The lowest BCUT2D eigenvalue weighted by molar-refractivity contribution is 0.358. The lowest BCUT2D eigenvalue weighted by Crippen LogP contribution is -2.32. The van der Waals surface area contributed by atoms with Crippen molar-refractivity contribution in [3.05, 3.63) is 16.6 Å². The van der Waals surface area contributed by atoms with Gasteiger partial charge in [0.25, 0.3) is 0 Å². The topological polar surface area (TPSA) is 24.9 Å². The van der Waals surface area contributed by atoms with Gasteiger partial charge in [-0.15, -0.1) is 11.3 Å². The van der Waals surface area contributed by atoms with E-state index in [4.69, 9.17) is 0 Å². The molecule has 3 heteroatoms. The Morgan fingerprint density at radius 2 is 2.06 bits per heavy atom. The maximum absolute atomic E-state index is 4.36. The van der Waals surface area contributed by atoms with Crippen molar-refractivity contribution in [3.63, 3.8) is 0 Å². The van der Waals surface area contributed by atoms with Crippen LogP contribution in [0.2, 0.25) is 0 Å². The standard InChI is InChI=1S/C13H24N2S/c1-5-10(3)9-12(6-2)15-11(4)13-14-7-8-16-13/h7-8,10-12,15H,5-6,9H2,1-4H3. The third-order valence-corrected chi connectivity index (χ3v) is 4.14. The summed E-state index contributed by atoms with van der Waals surface area (Å²) in [6.07, 6.45) is 5.61. The van der Waals surface area contributed by atoms with E-state index in [-0.39, 0.29) is 0 Å². The van der Waals surface area contributed by atoms with Crippen LogP contribution in [0.1, 0.15) is 58.0 Å². The second kappa shape index (κ2) is 7.02. The predicted octanol–water partition coefficient (Wildman–Crippen LogP) is 4.01. The normalized spacial score (nSPS) is 17.0. The van der Waals surface area contributed by atoms with Crippen LogP contribution in [0.5, 0.6) is 0 Å². The molecule has 0 aliphatic heterocycles. The molecule has 0 saturated carbocycles. The highest BCUT2D eigenvalue weighted by Crippen LogP contribution is 2.19. The number of hydrogen-bond acceptors (Lipinski definition) is 3. The highest BCUT2D eigenvalue weighted by molar-refractivity contribution is 7.09. The molecule has 16 heavy (non-hydrogen) atoms. The molecule has 0 radical (unpaired) electrons. The summed E-state index contributed by atoms with van der Waals surface area (Å²) in [7, 11) is 0. The molecule has 0 spiro atoms. The van der Waals surface area contributed by atoms with Crippen LogP contribution in [-0.4, -0.2) is 11.0 Å². The first-order chi connectivity index (χ1) is 7.67. The van der Waals surface area contributed by atoms with Gasteiger partial charge in [0.15, 0.2) is 0 Å². The van der Waals surface area contributed by atoms with Crippen molar-refractivity contribution in [2.75, 3.05) is 0 Å². The van der Waals surface area contributed by atoms with Crippen LogP contribution < -0.4 is 5.32 Å². The Bertz CT molecular complexity index is 271. The molecule has 92 valence electrons. The smallest absolute Gasteiger partial charge is 0.109 e. The third kappa shape index (κ3) is 4.22. The Labute approximate surface area is 103 Å². The zero-order valence-corrected chi connectivity index (χ0v) is 11.7. The molecular formula is C13H24N2S. The van der Waals surface area contributed by atoms with Gasteiger partial charge in [0, 0.05) is 17.6 Å². The maximum atomic E-state index is 4.36. The molecule has 1 aromatic rings. The van der Waals surface area contributed by atoms with Crippen molar-refractivity contribution in [2.24, 2.45) is 5.92 Å². The predicted molar refractivity (Wildman–Crippen MR) is 71.8 cm³/mol. The second-order valence-electron chi connectivity index (χ2n) is 4.61. The first-order valence-corrected chi connectivity index (χ1v) is 7.20. The van der Waals surface area contributed by atoms with Gasteiger partial charge >= 0.3 is 0 Å². The van der Waals surface area contributed by atoms with Gasteiger partial charge in [-0.3, -0.25) is 0 Å². The van der Waals surface area contributed by atoms with E-state index in [1.54, 1.807) is 11.3 Å². The third-order valence-electron chi connectivity index (χ3n) is 3.18. The molecule has 0 bridgehead atoms. The summed E-state index contributed by atoms with van der Waals surface area (Å²) in [5.74, 6) is 0.806. The Morgan fingerprint density at radius 3 is 2.56 bits per heavy atom. The van der Waals surface area contributed by atoms with E-state index >= 15 is 0 Å². The SMILES string of the molecule is CCC(C)CC(CC)NC(C)c1nccs1. The number of rotatable bonds is 7. The molecule has 1 rings (SSSR count). The lowest BCUT2D eigenvalue weighted by atomic mass is 9.97. The fourth-order valence-electron chi connectivity index (χ4n) is 1.88. The molecule has 3 atom stereocenters. The molecular weight excluding hydrogens is 216 g/mol. The van der Waals surface area contributed by atoms with E-state index in [1.165, 1.54) is 24.3 Å². The lowest BCUT2D eigenvalue weighted by Gasteiger charge is -2.23. The van der Waals surface area contributed by atoms with Crippen LogP contribution in [0, 0.1) is 5.92 Å². The molecule has 2 nitrogen and oxygen atoms in total. The Hall–Kier alpha value is -0.410. The van der Waals surface area contributed by atoms with Crippen LogP contribution in [-0.2, 0) is 0 Å². The molecule has 1 aromatic heterocycles. The monoisotopic (exact) mass is 240 g/mol. The van der Waals surface area contributed by atoms with Crippen LogP contribution in [0.25, 0.3) is 0 Å². The summed E-state index contributed by atoms with van der Waals surface area (Å²) < 4.78 is 0. The second-order valence-corrected chi connectivity index (χ2v) is 5.54. The first kappa shape index (κ1) is 13.7. The van der Waals surface area contributed by atoms with E-state index in [9.17, 15) is 0 Å². The van der Waals surface area contributed by atoms with E-state index < -0.39 is 0 Å². The number of aromatic nitrogens is 1. The van der Waals surface area contributed by atoms with Gasteiger partial charge in [-0.25, -0.2) is 4.98 Å². The molecule has 1 heterocycles. The maximum Gasteiger partial charge on any atom is 0.109 e. The fourth-order valence-corrected chi connectivity index (χ4v) is 2.53. The Morgan fingerprint density at radius 1 is 1.31 bits per heavy atom. The van der Waals surface area contributed by atoms with Crippen molar-refractivity contribution >= 4 is 11.3 Å². The average Bonchev–Trinajstić information content (AvgIpc) is 2.81. The van der Waals surface area contributed by atoms with Crippen molar-refractivity contribution < 1.29 is 0 Å². The van der Waals surface area contributed by atoms with Crippen LogP contribution >= 0.6 is 11.3 Å². The number of thiazole rings is 1. The van der Waals surface area contributed by atoms with Gasteiger partial charge in [-0.05, 0) is 25.7 Å². The zero-order chi connectivity index (χ0) is 12.0. The summed E-state index contributed by atoms with van der Waals surface area (Å²) in [4.78, 5) is 4.36. The van der Waals surface area contributed by atoms with Crippen molar-refractivity contribution in [3.8, 4) is 0 Å². The largest absolute Gasteiger partial charge is 0.305 e. The fraction of sp³-hybridized carbons (Fsp3) is 0.769. The number of nitrogens with one attached hydrogen (secondary N) is 1. The van der Waals surface area contributed by atoms with E-state index in [0.29, 0.717) is 12.1 Å². The van der Waals surface area contributed by atoms with E-state index in [1.807, 2.05) is 11.6 Å². The summed E-state index contributed by atoms with van der Waals surface area (Å²) in [6, 6.07) is 1.00. The minimum atomic E-state index is 0.383. The van der Waals surface area contributed by atoms with Gasteiger partial charge < -0.3 is 5.32 Å². The van der Waals surface area contributed by atoms with Crippen LogP contribution in [0.4, 0.5) is 0 Å². The van der Waals surface area contributed by atoms with Crippen LogP contribution in [0.15, 0.2) is 11.6 Å². The quantitative estimate of drug-likeness (QED) is 0.779. The first-order valence-electron chi connectivity index (χ1n) is 6.32. The Kier molecular flexibility index (Phi) is 5.99. The van der Waals surface area contributed by atoms with E-state index in [2.05, 4.69) is 38.0 Å². The molecule has 0 aromatic carbocycles. The van der Waals surface area contributed by atoms with Gasteiger partial charge in [0.1, 0.15) is 5.01 Å². The summed E-state index contributed by atoms with van der Waals surface area (Å²) >= 11 is 1.73. The summed E-state index contributed by atoms with van der Waals surface area (Å²) in [5.41, 5.74) is 0. The minimum Gasteiger partial charge on any atom is -0.305 e. The number of nitrogens with zero attached hydrogens (tertiary/aromatic N) is 1. The zero-order valence-electron chi connectivity index (χ0n) is 10.9. The van der Waals surface area contributed by atoms with Gasteiger partial charge in [-0.2, -0.15) is 0 Å².